The predicted molar refractivity (Wildman–Crippen MR) is 97.6 cm³/mol. The van der Waals surface area contributed by atoms with Crippen LogP contribution in [0.2, 0.25) is 5.02 Å². The van der Waals surface area contributed by atoms with Crippen molar-refractivity contribution in [1.29, 1.82) is 0 Å². The van der Waals surface area contributed by atoms with Crippen LogP contribution in [0.5, 0.6) is 0 Å². The van der Waals surface area contributed by atoms with Crippen LogP contribution in [0.15, 0.2) is 51.7 Å². The molecule has 0 saturated heterocycles. The number of nitrogens with zero attached hydrogens (tertiary/aromatic N) is 2. The van der Waals surface area contributed by atoms with Gasteiger partial charge in [0.1, 0.15) is 5.82 Å². The lowest BCUT2D eigenvalue weighted by atomic mass is 10.1. The first-order valence-electron chi connectivity index (χ1n) is 7.28. The van der Waals surface area contributed by atoms with E-state index >= 15 is 0 Å². The molecule has 114 valence electrons. The average Bonchev–Trinajstić information content (AvgIpc) is 2.94. The number of rotatable bonds is 1. The molecule has 2 heterocycles. The fourth-order valence-corrected chi connectivity index (χ4v) is 3.32. The van der Waals surface area contributed by atoms with Crippen molar-refractivity contribution in [3.05, 3.63) is 73.7 Å². The van der Waals surface area contributed by atoms with Gasteiger partial charge in [-0.25, -0.2) is 4.98 Å². The monoisotopic (exact) mass is 386 g/mol. The highest BCUT2D eigenvalue weighted by Crippen LogP contribution is 2.28. The van der Waals surface area contributed by atoms with Crippen molar-refractivity contribution >= 4 is 50.1 Å². The quantitative estimate of drug-likeness (QED) is 0.603. The van der Waals surface area contributed by atoms with Crippen LogP contribution in [0.1, 0.15) is 17.8 Å². The molecule has 2 aromatic carbocycles. The van der Waals surface area contributed by atoms with Gasteiger partial charge < -0.3 is 0 Å². The molecular weight excluding hydrogens is 376 g/mol. The molecule has 3 aromatic rings. The van der Waals surface area contributed by atoms with Crippen molar-refractivity contribution in [2.75, 3.05) is 0 Å². The molecule has 0 amide bonds. The van der Waals surface area contributed by atoms with E-state index in [1.54, 1.807) is 22.8 Å². The molecule has 1 aromatic heterocycles. The second kappa shape index (κ2) is 5.62. The summed E-state index contributed by atoms with van der Waals surface area (Å²) < 4.78 is 2.78. The summed E-state index contributed by atoms with van der Waals surface area (Å²) in [7, 11) is 0. The number of fused-ring (bicyclic) bond motifs is 2. The van der Waals surface area contributed by atoms with Crippen molar-refractivity contribution in [2.45, 2.75) is 13.0 Å². The Morgan fingerprint density at radius 1 is 1.17 bits per heavy atom. The van der Waals surface area contributed by atoms with Crippen molar-refractivity contribution in [3.8, 4) is 0 Å². The summed E-state index contributed by atoms with van der Waals surface area (Å²) in [6.45, 7) is 0.659. The van der Waals surface area contributed by atoms with E-state index in [2.05, 4.69) is 27.0 Å². The van der Waals surface area contributed by atoms with Crippen LogP contribution in [0, 0.1) is 0 Å². The second-order valence-corrected chi connectivity index (χ2v) is 6.88. The minimum atomic E-state index is -0.0216. The first-order valence-corrected chi connectivity index (χ1v) is 8.45. The fraction of sp³-hybridized carbons (Fsp3) is 0.111. The molecule has 0 fully saturated rings. The maximum Gasteiger partial charge on any atom is 0.261 e. The molecule has 23 heavy (non-hydrogen) atoms. The Labute approximate surface area is 146 Å². The number of allylic oxidation sites excluding steroid dienone is 1. The van der Waals surface area contributed by atoms with Gasteiger partial charge in [-0.15, -0.1) is 0 Å². The van der Waals surface area contributed by atoms with E-state index in [0.717, 1.165) is 27.9 Å². The maximum absolute atomic E-state index is 12.6. The van der Waals surface area contributed by atoms with Gasteiger partial charge in [-0.2, -0.15) is 0 Å². The van der Waals surface area contributed by atoms with Crippen LogP contribution in [-0.4, -0.2) is 9.55 Å². The van der Waals surface area contributed by atoms with Gasteiger partial charge >= 0.3 is 0 Å². The molecule has 5 heteroatoms. The predicted octanol–water partition coefficient (Wildman–Crippen LogP) is 4.76. The van der Waals surface area contributed by atoms with E-state index in [-0.39, 0.29) is 5.56 Å². The van der Waals surface area contributed by atoms with Crippen LogP contribution < -0.4 is 5.56 Å². The van der Waals surface area contributed by atoms with Gasteiger partial charge in [0, 0.05) is 16.0 Å². The molecule has 1 aliphatic heterocycles. The summed E-state index contributed by atoms with van der Waals surface area (Å²) in [5, 5.41) is 1.13. The highest BCUT2D eigenvalue weighted by Gasteiger charge is 2.20. The Hall–Kier alpha value is -1.91. The third-order valence-corrected chi connectivity index (χ3v) is 4.78. The summed E-state index contributed by atoms with van der Waals surface area (Å²) in [5.41, 5.74) is 2.85. The van der Waals surface area contributed by atoms with E-state index in [1.165, 1.54) is 0 Å². The lowest BCUT2D eigenvalue weighted by Crippen LogP contribution is -2.20. The topological polar surface area (TPSA) is 34.9 Å². The first kappa shape index (κ1) is 14.7. The molecule has 4 rings (SSSR count). The lowest BCUT2D eigenvalue weighted by Gasteiger charge is -2.06. The van der Waals surface area contributed by atoms with Gasteiger partial charge in [0.05, 0.1) is 10.9 Å². The Morgan fingerprint density at radius 3 is 2.74 bits per heavy atom. The van der Waals surface area contributed by atoms with Crippen LogP contribution >= 0.6 is 27.5 Å². The van der Waals surface area contributed by atoms with Gasteiger partial charge in [-0.05, 0) is 54.0 Å². The first-order chi connectivity index (χ1) is 11.1. The van der Waals surface area contributed by atoms with Gasteiger partial charge in [-0.1, -0.05) is 39.7 Å². The Kier molecular flexibility index (Phi) is 3.58. The summed E-state index contributed by atoms with van der Waals surface area (Å²) in [6, 6.07) is 13.3. The van der Waals surface area contributed by atoms with Crippen LogP contribution in [0.4, 0.5) is 0 Å². The molecule has 1 aliphatic rings. The van der Waals surface area contributed by atoms with Crippen LogP contribution in [0.3, 0.4) is 0 Å². The van der Waals surface area contributed by atoms with E-state index in [4.69, 9.17) is 11.6 Å². The van der Waals surface area contributed by atoms with Gasteiger partial charge in [0.25, 0.3) is 5.56 Å². The number of halogens is 2. The van der Waals surface area contributed by atoms with E-state index in [9.17, 15) is 4.79 Å². The SMILES string of the molecule is O=c1c2cc(Cl)ccc2nc2n1CC/C2=C\c1ccc(Br)cc1. The molecule has 0 spiro atoms. The Morgan fingerprint density at radius 2 is 1.96 bits per heavy atom. The third kappa shape index (κ3) is 2.62. The van der Waals surface area contributed by atoms with E-state index in [0.29, 0.717) is 22.5 Å². The standard InChI is InChI=1S/C18H12BrClN2O/c19-13-3-1-11(2-4-13)9-12-7-8-22-17(12)21-16-6-5-14(20)10-15(16)18(22)23/h1-6,9-10H,7-8H2/b12-9+. The molecule has 0 bridgehead atoms. The molecule has 0 saturated carbocycles. The molecule has 0 unspecified atom stereocenters. The van der Waals surface area contributed by atoms with Crippen LogP contribution in [0.25, 0.3) is 22.6 Å². The smallest absolute Gasteiger partial charge is 0.261 e. The van der Waals surface area contributed by atoms with Gasteiger partial charge in [0.15, 0.2) is 0 Å². The number of hydrogen-bond acceptors (Lipinski definition) is 2. The summed E-state index contributed by atoms with van der Waals surface area (Å²) in [5.74, 6) is 0.757. The van der Waals surface area contributed by atoms with Crippen molar-refractivity contribution in [2.24, 2.45) is 0 Å². The van der Waals surface area contributed by atoms with E-state index in [1.807, 2.05) is 24.3 Å². The summed E-state index contributed by atoms with van der Waals surface area (Å²) >= 11 is 9.44. The third-order valence-electron chi connectivity index (χ3n) is 4.02. The molecular formula is C18H12BrClN2O. The molecule has 0 radical (unpaired) electrons. The fourth-order valence-electron chi connectivity index (χ4n) is 2.89. The van der Waals surface area contributed by atoms with Crippen molar-refractivity contribution in [3.63, 3.8) is 0 Å². The number of benzene rings is 2. The highest BCUT2D eigenvalue weighted by molar-refractivity contribution is 9.10. The molecule has 0 aliphatic carbocycles. The molecule has 0 N–H and O–H groups in total. The summed E-state index contributed by atoms with van der Waals surface area (Å²) in [6.07, 6.45) is 2.90. The summed E-state index contributed by atoms with van der Waals surface area (Å²) in [4.78, 5) is 17.3. The van der Waals surface area contributed by atoms with E-state index < -0.39 is 0 Å². The molecule has 0 atom stereocenters. The average molecular weight is 388 g/mol. The normalized spacial score (nSPS) is 15.3. The highest BCUT2D eigenvalue weighted by atomic mass is 79.9. The Balaban J connectivity index is 1.88. The second-order valence-electron chi connectivity index (χ2n) is 5.52. The zero-order chi connectivity index (χ0) is 16.0. The molecule has 3 nitrogen and oxygen atoms in total. The number of aromatic nitrogens is 2. The van der Waals surface area contributed by atoms with Crippen LogP contribution in [-0.2, 0) is 6.54 Å². The van der Waals surface area contributed by atoms with Gasteiger partial charge in [-0.3, -0.25) is 9.36 Å². The lowest BCUT2D eigenvalue weighted by molar-refractivity contribution is 0.725. The minimum absolute atomic E-state index is 0.0216. The largest absolute Gasteiger partial charge is 0.292 e. The van der Waals surface area contributed by atoms with Crippen molar-refractivity contribution < 1.29 is 0 Å². The van der Waals surface area contributed by atoms with Crippen molar-refractivity contribution in [1.82, 2.24) is 9.55 Å². The maximum atomic E-state index is 12.6. The van der Waals surface area contributed by atoms with Gasteiger partial charge in [0.2, 0.25) is 0 Å². The minimum Gasteiger partial charge on any atom is -0.292 e. The number of hydrogen-bond donors (Lipinski definition) is 0. The zero-order valence-corrected chi connectivity index (χ0v) is 14.4. The Bertz CT molecular complexity index is 1010. The zero-order valence-electron chi connectivity index (χ0n) is 12.1.